The largest absolute Gasteiger partial charge is 0.508 e. The van der Waals surface area contributed by atoms with Gasteiger partial charge in [0.25, 0.3) is 0 Å². The molecule has 0 aromatic rings. The van der Waals surface area contributed by atoms with E-state index >= 15 is 0 Å². The Labute approximate surface area is 215 Å². The molecule has 0 radical (unpaired) electrons. The summed E-state index contributed by atoms with van der Waals surface area (Å²) in [4.78, 5) is 10.7. The van der Waals surface area contributed by atoms with Crippen molar-refractivity contribution < 1.29 is 33.2 Å². The Bertz CT molecular complexity index is 407. The first-order valence-corrected chi connectivity index (χ1v) is 14.3. The maximum absolute atomic E-state index is 10.7. The molecule has 0 aliphatic rings. The lowest BCUT2D eigenvalue weighted by Gasteiger charge is -2.08. The van der Waals surface area contributed by atoms with Gasteiger partial charge >= 0.3 is 6.16 Å². The van der Waals surface area contributed by atoms with Gasteiger partial charge in [0.15, 0.2) is 0 Å². The topological polar surface area (TPSA) is 72.5 Å². The van der Waals surface area contributed by atoms with Gasteiger partial charge in [0.1, 0.15) is 6.61 Å². The Hall–Kier alpha value is -0.890. The molecule has 0 atom stereocenters. The Kier molecular flexibility index (Phi) is 30.3. The van der Waals surface area contributed by atoms with Crippen molar-refractivity contribution in [2.45, 2.75) is 110 Å². The predicted octanol–water partition coefficient (Wildman–Crippen LogP) is 7.10. The third-order valence-electron chi connectivity index (χ3n) is 5.87. The van der Waals surface area contributed by atoms with E-state index in [4.69, 9.17) is 23.7 Å². The van der Waals surface area contributed by atoms with Crippen molar-refractivity contribution in [1.82, 2.24) is 0 Å². The summed E-state index contributed by atoms with van der Waals surface area (Å²) in [6.45, 7) is 6.87. The van der Waals surface area contributed by atoms with Gasteiger partial charge in [-0.25, -0.2) is 4.79 Å². The predicted molar refractivity (Wildman–Crippen MR) is 141 cm³/mol. The van der Waals surface area contributed by atoms with Crippen molar-refractivity contribution in [3.63, 3.8) is 0 Å². The Balaban J connectivity index is 3.02. The van der Waals surface area contributed by atoms with Crippen molar-refractivity contribution in [3.05, 3.63) is 0 Å². The zero-order chi connectivity index (χ0) is 25.5. The van der Waals surface area contributed by atoms with E-state index in [1.807, 2.05) is 0 Å². The zero-order valence-corrected chi connectivity index (χ0v) is 23.0. The third-order valence-corrected chi connectivity index (χ3v) is 5.87. The van der Waals surface area contributed by atoms with Crippen molar-refractivity contribution in [3.8, 4) is 0 Å². The first kappa shape index (κ1) is 34.1. The lowest BCUT2D eigenvalue weighted by Crippen LogP contribution is -2.14. The average molecular weight is 505 g/mol. The molecule has 0 aromatic heterocycles. The van der Waals surface area contributed by atoms with Crippen LogP contribution in [-0.2, 0) is 28.4 Å². The fraction of sp³-hybridized carbons (Fsp3) is 0.964. The zero-order valence-electron chi connectivity index (χ0n) is 23.0. The van der Waals surface area contributed by atoms with E-state index in [1.165, 1.54) is 103 Å². The summed E-state index contributed by atoms with van der Waals surface area (Å²) in [6.07, 6.45) is 21.5. The van der Waals surface area contributed by atoms with Gasteiger partial charge < -0.3 is 28.4 Å². The molecular weight excluding hydrogens is 448 g/mol. The number of carbonyl (C=O) groups excluding carboxylic acids is 1. The normalized spacial score (nSPS) is 11.1. The van der Waals surface area contributed by atoms with Gasteiger partial charge in [-0.2, -0.15) is 0 Å². The van der Waals surface area contributed by atoms with E-state index < -0.39 is 6.16 Å². The average Bonchev–Trinajstić information content (AvgIpc) is 2.87. The van der Waals surface area contributed by atoms with Gasteiger partial charge in [-0.3, -0.25) is 0 Å². The number of carbonyl (C=O) groups is 1. The Morgan fingerprint density at radius 1 is 0.429 bits per heavy atom. The summed E-state index contributed by atoms with van der Waals surface area (Å²) in [6, 6.07) is 0. The Morgan fingerprint density at radius 3 is 1.11 bits per heavy atom. The standard InChI is InChI=1S/C28H56O7/c1-3-4-5-6-7-8-9-10-11-12-13-14-15-16-17-18-19-31-20-21-32-22-23-33-24-25-34-26-27-35-28(29)30-2/h3-27H2,1-2H3. The summed E-state index contributed by atoms with van der Waals surface area (Å²) < 4.78 is 30.8. The van der Waals surface area contributed by atoms with Crippen LogP contribution in [0.3, 0.4) is 0 Å². The summed E-state index contributed by atoms with van der Waals surface area (Å²) >= 11 is 0. The molecule has 7 nitrogen and oxygen atoms in total. The smallest absolute Gasteiger partial charge is 0.438 e. The maximum atomic E-state index is 10.7. The minimum absolute atomic E-state index is 0.176. The number of methoxy groups -OCH3 is 1. The van der Waals surface area contributed by atoms with E-state index in [0.717, 1.165) is 13.0 Å². The van der Waals surface area contributed by atoms with Gasteiger partial charge in [-0.15, -0.1) is 0 Å². The van der Waals surface area contributed by atoms with E-state index in [9.17, 15) is 4.79 Å². The van der Waals surface area contributed by atoms with Crippen molar-refractivity contribution in [1.29, 1.82) is 0 Å². The molecule has 0 aromatic carbocycles. The molecular formula is C28H56O7. The van der Waals surface area contributed by atoms with Gasteiger partial charge in [0.05, 0.1) is 53.4 Å². The van der Waals surface area contributed by atoms with Gasteiger partial charge in [0.2, 0.25) is 0 Å². The highest BCUT2D eigenvalue weighted by Crippen LogP contribution is 2.13. The molecule has 0 amide bonds. The molecule has 210 valence electrons. The molecule has 0 heterocycles. The number of unbranched alkanes of at least 4 members (excludes halogenated alkanes) is 15. The third kappa shape index (κ3) is 31.1. The van der Waals surface area contributed by atoms with Crippen LogP contribution in [0.5, 0.6) is 0 Å². The van der Waals surface area contributed by atoms with Crippen molar-refractivity contribution in [2.75, 3.05) is 66.6 Å². The number of rotatable bonds is 29. The van der Waals surface area contributed by atoms with Gasteiger partial charge in [0, 0.05) is 6.61 Å². The molecule has 0 saturated carbocycles. The summed E-state index contributed by atoms with van der Waals surface area (Å²) in [5.41, 5.74) is 0. The molecule has 0 saturated heterocycles. The fourth-order valence-corrected chi connectivity index (χ4v) is 3.76. The lowest BCUT2D eigenvalue weighted by molar-refractivity contribution is -0.0100. The second-order valence-corrected chi connectivity index (χ2v) is 9.06. The quantitative estimate of drug-likeness (QED) is 0.0794. The van der Waals surface area contributed by atoms with Crippen molar-refractivity contribution in [2.24, 2.45) is 0 Å². The van der Waals surface area contributed by atoms with Gasteiger partial charge in [-0.05, 0) is 6.42 Å². The van der Waals surface area contributed by atoms with Crippen LogP contribution < -0.4 is 0 Å². The monoisotopic (exact) mass is 504 g/mol. The van der Waals surface area contributed by atoms with Crippen molar-refractivity contribution >= 4 is 6.16 Å². The number of hydrogen-bond acceptors (Lipinski definition) is 7. The molecule has 0 bridgehead atoms. The molecule has 0 fully saturated rings. The molecule has 0 aliphatic carbocycles. The molecule has 0 unspecified atom stereocenters. The van der Waals surface area contributed by atoms with E-state index in [1.54, 1.807) is 0 Å². The molecule has 35 heavy (non-hydrogen) atoms. The summed E-state index contributed by atoms with van der Waals surface area (Å²) in [5.74, 6) is 0. The highest BCUT2D eigenvalue weighted by Gasteiger charge is 1.99. The highest BCUT2D eigenvalue weighted by molar-refractivity contribution is 5.59. The van der Waals surface area contributed by atoms with Crippen LogP contribution in [0.2, 0.25) is 0 Å². The molecule has 0 N–H and O–H groups in total. The molecule has 0 aliphatic heterocycles. The second-order valence-electron chi connectivity index (χ2n) is 9.06. The minimum atomic E-state index is -0.698. The van der Waals surface area contributed by atoms with E-state index in [0.29, 0.717) is 46.2 Å². The summed E-state index contributed by atoms with van der Waals surface area (Å²) in [5, 5.41) is 0. The van der Waals surface area contributed by atoms with E-state index in [2.05, 4.69) is 11.7 Å². The van der Waals surface area contributed by atoms with Crippen LogP contribution >= 0.6 is 0 Å². The maximum Gasteiger partial charge on any atom is 0.508 e. The highest BCUT2D eigenvalue weighted by atomic mass is 16.7. The minimum Gasteiger partial charge on any atom is -0.438 e. The number of hydrogen-bond donors (Lipinski definition) is 0. The van der Waals surface area contributed by atoms with Crippen LogP contribution in [0, 0.1) is 0 Å². The lowest BCUT2D eigenvalue weighted by atomic mass is 10.0. The second kappa shape index (κ2) is 31.1. The fourth-order valence-electron chi connectivity index (χ4n) is 3.76. The Morgan fingerprint density at radius 2 is 0.743 bits per heavy atom. The molecule has 0 rings (SSSR count). The van der Waals surface area contributed by atoms with Crippen LogP contribution in [0.4, 0.5) is 4.79 Å². The summed E-state index contributed by atoms with van der Waals surface area (Å²) in [7, 11) is 1.27. The van der Waals surface area contributed by atoms with Crippen LogP contribution in [-0.4, -0.2) is 72.7 Å². The molecule has 0 spiro atoms. The first-order chi connectivity index (χ1) is 17.3. The first-order valence-electron chi connectivity index (χ1n) is 14.3. The number of ether oxygens (including phenoxy) is 6. The van der Waals surface area contributed by atoms with Crippen LogP contribution in [0.1, 0.15) is 110 Å². The van der Waals surface area contributed by atoms with Crippen LogP contribution in [0.25, 0.3) is 0 Å². The molecule has 7 heteroatoms. The van der Waals surface area contributed by atoms with E-state index in [-0.39, 0.29) is 6.61 Å². The SMILES string of the molecule is CCCCCCCCCCCCCCCCCCOCCOCCOCCOCCOC(=O)OC. The van der Waals surface area contributed by atoms with Crippen LogP contribution in [0.15, 0.2) is 0 Å². The van der Waals surface area contributed by atoms with Gasteiger partial charge in [-0.1, -0.05) is 103 Å².